The van der Waals surface area contributed by atoms with Gasteiger partial charge < -0.3 is 9.84 Å². The zero-order valence-corrected chi connectivity index (χ0v) is 12.4. The fraction of sp³-hybridized carbons (Fsp3) is 0.200. The summed E-state index contributed by atoms with van der Waals surface area (Å²) in [6.07, 6.45) is -1.01. The zero-order chi connectivity index (χ0) is 15.4. The number of para-hydroxylation sites is 1. The van der Waals surface area contributed by atoms with Crippen molar-refractivity contribution in [2.24, 2.45) is 0 Å². The maximum atomic E-state index is 13.2. The Bertz CT molecular complexity index is 620. The van der Waals surface area contributed by atoms with Gasteiger partial charge in [0, 0.05) is 16.5 Å². The smallest absolute Gasteiger partial charge is 0.387 e. The van der Waals surface area contributed by atoms with Crippen molar-refractivity contribution >= 4 is 15.9 Å². The van der Waals surface area contributed by atoms with E-state index in [-0.39, 0.29) is 17.7 Å². The second kappa shape index (κ2) is 6.95. The summed E-state index contributed by atoms with van der Waals surface area (Å²) in [4.78, 5) is 0. The molecule has 2 aromatic carbocycles. The predicted molar refractivity (Wildman–Crippen MR) is 75.8 cm³/mol. The molecular weight excluding hydrogens is 349 g/mol. The molecule has 0 aliphatic carbocycles. The molecule has 0 aliphatic rings. The van der Waals surface area contributed by atoms with Crippen molar-refractivity contribution in [3.05, 3.63) is 63.9 Å². The summed E-state index contributed by atoms with van der Waals surface area (Å²) in [5, 5.41) is 10.2. The topological polar surface area (TPSA) is 29.5 Å². The van der Waals surface area contributed by atoms with E-state index in [2.05, 4.69) is 20.7 Å². The maximum absolute atomic E-state index is 13.2. The van der Waals surface area contributed by atoms with Gasteiger partial charge >= 0.3 is 6.61 Å². The lowest BCUT2D eigenvalue weighted by Crippen LogP contribution is -2.09. The Labute approximate surface area is 128 Å². The molecule has 6 heteroatoms. The number of benzene rings is 2. The maximum Gasteiger partial charge on any atom is 0.387 e. The third-order valence-corrected chi connectivity index (χ3v) is 3.69. The first kappa shape index (κ1) is 15.9. The lowest BCUT2D eigenvalue weighted by atomic mass is 10.0. The molecule has 1 N–H and O–H groups in total. The van der Waals surface area contributed by atoms with E-state index in [4.69, 9.17) is 0 Å². The van der Waals surface area contributed by atoms with Crippen molar-refractivity contribution in [3.63, 3.8) is 0 Å². The van der Waals surface area contributed by atoms with Crippen LogP contribution in [0.1, 0.15) is 17.2 Å². The van der Waals surface area contributed by atoms with Crippen molar-refractivity contribution in [2.45, 2.75) is 19.1 Å². The van der Waals surface area contributed by atoms with Crippen LogP contribution in [-0.4, -0.2) is 11.7 Å². The molecule has 0 saturated heterocycles. The second-order valence-corrected chi connectivity index (χ2v) is 5.23. The molecule has 0 aromatic heterocycles. The Kier molecular flexibility index (Phi) is 5.25. The quantitative estimate of drug-likeness (QED) is 0.852. The highest BCUT2D eigenvalue weighted by Gasteiger charge is 2.17. The van der Waals surface area contributed by atoms with Gasteiger partial charge in [0.15, 0.2) is 0 Å². The summed E-state index contributed by atoms with van der Waals surface area (Å²) in [6, 6.07) is 10.1. The lowest BCUT2D eigenvalue weighted by Gasteiger charge is -2.16. The highest BCUT2D eigenvalue weighted by molar-refractivity contribution is 9.10. The highest BCUT2D eigenvalue weighted by atomic mass is 79.9. The predicted octanol–water partition coefficient (Wildman–Crippen LogP) is 4.47. The molecule has 2 nitrogen and oxygen atoms in total. The third-order valence-electron chi connectivity index (χ3n) is 2.92. The molecule has 0 fully saturated rings. The Morgan fingerprint density at radius 2 is 1.86 bits per heavy atom. The Morgan fingerprint density at radius 1 is 1.14 bits per heavy atom. The van der Waals surface area contributed by atoms with E-state index in [0.29, 0.717) is 10.0 Å². The minimum absolute atomic E-state index is 0.0714. The molecule has 0 heterocycles. The van der Waals surface area contributed by atoms with Gasteiger partial charge in [-0.25, -0.2) is 4.39 Å². The van der Waals surface area contributed by atoms with Gasteiger partial charge in [-0.05, 0) is 29.8 Å². The number of halogens is 4. The van der Waals surface area contributed by atoms with E-state index in [1.165, 1.54) is 36.4 Å². The van der Waals surface area contributed by atoms with Crippen LogP contribution < -0.4 is 4.74 Å². The van der Waals surface area contributed by atoms with Gasteiger partial charge in [-0.2, -0.15) is 8.78 Å². The van der Waals surface area contributed by atoms with Gasteiger partial charge in [-0.15, -0.1) is 0 Å². The van der Waals surface area contributed by atoms with Gasteiger partial charge in [0.05, 0.1) is 6.10 Å². The molecule has 0 spiro atoms. The molecule has 1 unspecified atom stereocenters. The molecule has 2 rings (SSSR count). The van der Waals surface area contributed by atoms with Crippen LogP contribution in [0.15, 0.2) is 46.9 Å². The summed E-state index contributed by atoms with van der Waals surface area (Å²) in [6.45, 7) is -2.97. The average Bonchev–Trinajstić information content (AvgIpc) is 2.42. The van der Waals surface area contributed by atoms with E-state index < -0.39 is 18.5 Å². The summed E-state index contributed by atoms with van der Waals surface area (Å²) >= 11 is 3.26. The second-order valence-electron chi connectivity index (χ2n) is 4.37. The van der Waals surface area contributed by atoms with E-state index in [9.17, 15) is 18.3 Å². The van der Waals surface area contributed by atoms with Crippen molar-refractivity contribution in [3.8, 4) is 5.75 Å². The Balaban J connectivity index is 2.24. The SMILES string of the molecule is OC(Cc1cc(F)ccc1Br)c1ccccc1OC(F)F. The molecule has 1 atom stereocenters. The lowest BCUT2D eigenvalue weighted by molar-refractivity contribution is -0.0515. The molecule has 21 heavy (non-hydrogen) atoms. The summed E-state index contributed by atoms with van der Waals surface area (Å²) < 4.78 is 42.9. The minimum Gasteiger partial charge on any atom is -0.434 e. The monoisotopic (exact) mass is 360 g/mol. The Morgan fingerprint density at radius 3 is 2.57 bits per heavy atom. The number of ether oxygens (including phenoxy) is 1. The van der Waals surface area contributed by atoms with Gasteiger partial charge in [0.2, 0.25) is 0 Å². The molecule has 0 aliphatic heterocycles. The average molecular weight is 361 g/mol. The molecule has 2 aromatic rings. The van der Waals surface area contributed by atoms with Crippen LogP contribution in [0.3, 0.4) is 0 Å². The van der Waals surface area contributed by atoms with E-state index in [1.54, 1.807) is 6.07 Å². The summed E-state index contributed by atoms with van der Waals surface area (Å²) in [5.74, 6) is -0.523. The first-order valence-corrected chi connectivity index (χ1v) is 6.92. The zero-order valence-electron chi connectivity index (χ0n) is 10.8. The van der Waals surface area contributed by atoms with Gasteiger partial charge in [-0.1, -0.05) is 34.1 Å². The number of hydrogen-bond donors (Lipinski definition) is 1. The van der Waals surface area contributed by atoms with Crippen LogP contribution in [-0.2, 0) is 6.42 Å². The number of aliphatic hydroxyl groups excluding tert-OH is 1. The molecule has 0 amide bonds. The number of hydrogen-bond acceptors (Lipinski definition) is 2. The largest absolute Gasteiger partial charge is 0.434 e. The van der Waals surface area contributed by atoms with Crippen molar-refractivity contribution in [1.29, 1.82) is 0 Å². The molecule has 112 valence electrons. The fourth-order valence-corrected chi connectivity index (χ4v) is 2.39. The molecule has 0 bridgehead atoms. The summed E-state index contributed by atoms with van der Waals surface area (Å²) in [5.41, 5.74) is 0.767. The van der Waals surface area contributed by atoms with Gasteiger partial charge in [0.1, 0.15) is 11.6 Å². The van der Waals surface area contributed by atoms with Crippen LogP contribution >= 0.6 is 15.9 Å². The summed E-state index contributed by atoms with van der Waals surface area (Å²) in [7, 11) is 0. The van der Waals surface area contributed by atoms with Crippen LogP contribution in [0.25, 0.3) is 0 Å². The first-order valence-electron chi connectivity index (χ1n) is 6.13. The van der Waals surface area contributed by atoms with Crippen molar-refractivity contribution in [1.82, 2.24) is 0 Å². The van der Waals surface area contributed by atoms with E-state index in [1.807, 2.05) is 0 Å². The van der Waals surface area contributed by atoms with E-state index in [0.717, 1.165) is 0 Å². The van der Waals surface area contributed by atoms with Crippen molar-refractivity contribution in [2.75, 3.05) is 0 Å². The molecule has 0 saturated carbocycles. The molecular formula is C15H12BrF3O2. The fourth-order valence-electron chi connectivity index (χ4n) is 1.98. The van der Waals surface area contributed by atoms with E-state index >= 15 is 0 Å². The van der Waals surface area contributed by atoms with Crippen molar-refractivity contribution < 1.29 is 23.0 Å². The number of alkyl halides is 2. The third kappa shape index (κ3) is 4.22. The highest BCUT2D eigenvalue weighted by Crippen LogP contribution is 2.30. The Hall–Kier alpha value is -1.53. The first-order chi connectivity index (χ1) is 9.97. The standard InChI is InChI=1S/C15H12BrF3O2/c16-12-6-5-10(17)7-9(12)8-13(20)11-3-1-2-4-14(11)21-15(18)19/h1-7,13,15,20H,8H2. The van der Waals surface area contributed by atoms with Gasteiger partial charge in [-0.3, -0.25) is 0 Å². The number of rotatable bonds is 5. The molecule has 0 radical (unpaired) electrons. The normalized spacial score (nSPS) is 12.5. The minimum atomic E-state index is -2.97. The van der Waals surface area contributed by atoms with Crippen LogP contribution in [0.5, 0.6) is 5.75 Å². The van der Waals surface area contributed by atoms with Crippen LogP contribution in [0, 0.1) is 5.82 Å². The van der Waals surface area contributed by atoms with Crippen LogP contribution in [0.2, 0.25) is 0 Å². The van der Waals surface area contributed by atoms with Gasteiger partial charge in [0.25, 0.3) is 0 Å². The van der Waals surface area contributed by atoms with Crippen LogP contribution in [0.4, 0.5) is 13.2 Å². The number of aliphatic hydroxyl groups is 1.